The van der Waals surface area contributed by atoms with Gasteiger partial charge in [-0.25, -0.2) is 9.59 Å². The van der Waals surface area contributed by atoms with Crippen LogP contribution in [0.5, 0.6) is 0 Å². The number of benzene rings is 2. The summed E-state index contributed by atoms with van der Waals surface area (Å²) >= 11 is 0. The molecule has 2 aromatic carbocycles. The average Bonchev–Trinajstić information content (AvgIpc) is 3.02. The van der Waals surface area contributed by atoms with Gasteiger partial charge >= 0.3 is 12.1 Å². The molecule has 2 aromatic rings. The highest BCUT2D eigenvalue weighted by Gasteiger charge is 2.27. The SMILES string of the molecule is C=CCC(CC(=O)NCCOCCO)C(=O)NCC(OC(=O)C(CC=C)NC(=O)OCc1ccccc1)c1ccccc1. The summed E-state index contributed by atoms with van der Waals surface area (Å²) in [6, 6.07) is 16.9. The predicted octanol–water partition coefficient (Wildman–Crippen LogP) is 2.97. The molecule has 0 bridgehead atoms. The third-order valence-electron chi connectivity index (χ3n) is 6.14. The van der Waals surface area contributed by atoms with Crippen LogP contribution in [0.2, 0.25) is 0 Å². The molecule has 0 aromatic heterocycles. The van der Waals surface area contributed by atoms with Gasteiger partial charge in [0.2, 0.25) is 11.8 Å². The average molecular weight is 596 g/mol. The monoisotopic (exact) mass is 595 g/mol. The Morgan fingerprint density at radius 3 is 2.21 bits per heavy atom. The number of ether oxygens (including phenoxy) is 3. The molecule has 0 aliphatic heterocycles. The number of carbonyl (C=O) groups is 4. The Kier molecular flexibility index (Phi) is 16.5. The molecule has 0 spiro atoms. The lowest BCUT2D eigenvalue weighted by Gasteiger charge is -2.24. The van der Waals surface area contributed by atoms with Crippen LogP contribution in [0.4, 0.5) is 4.79 Å². The maximum atomic E-state index is 13.2. The van der Waals surface area contributed by atoms with Gasteiger partial charge in [0.15, 0.2) is 0 Å². The van der Waals surface area contributed by atoms with E-state index in [1.165, 1.54) is 6.08 Å². The topological polar surface area (TPSA) is 152 Å². The first-order chi connectivity index (χ1) is 20.9. The number of rotatable bonds is 20. The van der Waals surface area contributed by atoms with E-state index in [1.807, 2.05) is 30.3 Å². The number of nitrogens with one attached hydrogen (secondary N) is 3. The van der Waals surface area contributed by atoms with Crippen LogP contribution >= 0.6 is 0 Å². The fourth-order valence-corrected chi connectivity index (χ4v) is 3.95. The van der Waals surface area contributed by atoms with Gasteiger partial charge in [0.25, 0.3) is 0 Å². The Hall–Kier alpha value is -4.48. The molecule has 0 saturated carbocycles. The Labute approximate surface area is 252 Å². The van der Waals surface area contributed by atoms with Crippen molar-refractivity contribution in [1.29, 1.82) is 0 Å². The van der Waals surface area contributed by atoms with E-state index in [0.29, 0.717) is 5.56 Å². The molecular formula is C32H41N3O8. The summed E-state index contributed by atoms with van der Waals surface area (Å²) in [5.74, 6) is -2.17. The number of hydrogen-bond donors (Lipinski definition) is 4. The second kappa shape index (κ2) is 20.4. The Balaban J connectivity index is 2.01. The molecule has 11 heteroatoms. The molecule has 43 heavy (non-hydrogen) atoms. The highest BCUT2D eigenvalue weighted by Crippen LogP contribution is 2.19. The molecule has 3 amide bonds. The molecule has 4 N–H and O–H groups in total. The Bertz CT molecular complexity index is 1160. The number of amides is 3. The fourth-order valence-electron chi connectivity index (χ4n) is 3.95. The molecule has 2 rings (SSSR count). The normalized spacial score (nSPS) is 12.6. The van der Waals surface area contributed by atoms with E-state index in [0.717, 1.165) is 5.56 Å². The van der Waals surface area contributed by atoms with Gasteiger partial charge in [-0.3, -0.25) is 9.59 Å². The van der Waals surface area contributed by atoms with Crippen LogP contribution in [-0.2, 0) is 35.2 Å². The highest BCUT2D eigenvalue weighted by atomic mass is 16.6. The van der Waals surface area contributed by atoms with Crippen LogP contribution in [-0.4, -0.2) is 67.9 Å². The largest absolute Gasteiger partial charge is 0.454 e. The van der Waals surface area contributed by atoms with E-state index < -0.39 is 36.0 Å². The van der Waals surface area contributed by atoms with Crippen molar-refractivity contribution in [2.45, 2.75) is 38.0 Å². The predicted molar refractivity (Wildman–Crippen MR) is 160 cm³/mol. The van der Waals surface area contributed by atoms with Crippen LogP contribution in [0.1, 0.15) is 36.5 Å². The van der Waals surface area contributed by atoms with E-state index in [9.17, 15) is 19.2 Å². The number of alkyl carbamates (subject to hydrolysis) is 1. The standard InChI is InChI=1S/C32H41N3O8/c1-3-11-26(21-29(37)33-17-19-41-20-18-36)30(38)34-22-28(25-15-9-6-10-16-25)43-31(39)27(12-4-2)35-32(40)42-23-24-13-7-5-8-14-24/h3-10,13-16,26-28,36H,1-2,11-12,17-23H2,(H,33,37)(H,34,38)(H,35,40). The number of esters is 1. The molecule has 0 heterocycles. The van der Waals surface area contributed by atoms with Crippen LogP contribution in [0.3, 0.4) is 0 Å². The summed E-state index contributed by atoms with van der Waals surface area (Å²) in [4.78, 5) is 51.0. The summed E-state index contributed by atoms with van der Waals surface area (Å²) < 4.78 is 16.1. The number of hydrogen-bond acceptors (Lipinski definition) is 8. The van der Waals surface area contributed by atoms with Gasteiger partial charge in [-0.15, -0.1) is 13.2 Å². The first kappa shape index (κ1) is 34.7. The zero-order valence-electron chi connectivity index (χ0n) is 24.2. The van der Waals surface area contributed by atoms with Crippen LogP contribution in [0.15, 0.2) is 86.0 Å². The lowest BCUT2D eigenvalue weighted by atomic mass is 9.99. The minimum absolute atomic E-state index is 0.0303. The van der Waals surface area contributed by atoms with Gasteiger partial charge in [-0.1, -0.05) is 72.8 Å². The number of aliphatic hydroxyl groups excluding tert-OH is 1. The highest BCUT2D eigenvalue weighted by molar-refractivity contribution is 5.86. The summed E-state index contributed by atoms with van der Waals surface area (Å²) in [6.45, 7) is 7.84. The lowest BCUT2D eigenvalue weighted by molar-refractivity contribution is -0.152. The van der Waals surface area contributed by atoms with E-state index >= 15 is 0 Å². The van der Waals surface area contributed by atoms with Crippen molar-refractivity contribution in [3.63, 3.8) is 0 Å². The van der Waals surface area contributed by atoms with Gasteiger partial charge in [0.1, 0.15) is 18.8 Å². The van der Waals surface area contributed by atoms with Crippen LogP contribution in [0, 0.1) is 5.92 Å². The van der Waals surface area contributed by atoms with Crippen molar-refractivity contribution >= 4 is 23.9 Å². The number of aliphatic hydroxyl groups is 1. The fraction of sp³-hybridized carbons (Fsp3) is 0.375. The van der Waals surface area contributed by atoms with Crippen molar-refractivity contribution in [2.75, 3.05) is 32.9 Å². The van der Waals surface area contributed by atoms with Crippen LogP contribution in [0.25, 0.3) is 0 Å². The van der Waals surface area contributed by atoms with Gasteiger partial charge in [0.05, 0.1) is 32.3 Å². The lowest BCUT2D eigenvalue weighted by Crippen LogP contribution is -2.43. The zero-order chi connectivity index (χ0) is 31.3. The third kappa shape index (κ3) is 13.8. The van der Waals surface area contributed by atoms with Crippen LogP contribution < -0.4 is 16.0 Å². The van der Waals surface area contributed by atoms with E-state index in [4.69, 9.17) is 19.3 Å². The van der Waals surface area contributed by atoms with Crippen molar-refractivity contribution in [2.24, 2.45) is 5.92 Å². The van der Waals surface area contributed by atoms with E-state index in [1.54, 1.807) is 36.4 Å². The quantitative estimate of drug-likeness (QED) is 0.104. The first-order valence-electron chi connectivity index (χ1n) is 14.0. The van der Waals surface area contributed by atoms with Crippen molar-refractivity contribution < 1.29 is 38.5 Å². The second-order valence-electron chi connectivity index (χ2n) is 9.48. The number of allylic oxidation sites excluding steroid dienone is 1. The molecule has 0 aliphatic carbocycles. The molecule has 0 radical (unpaired) electrons. The maximum absolute atomic E-state index is 13.2. The summed E-state index contributed by atoms with van der Waals surface area (Å²) in [6.07, 6.45) is 1.63. The zero-order valence-corrected chi connectivity index (χ0v) is 24.2. The van der Waals surface area contributed by atoms with Gasteiger partial charge in [-0.2, -0.15) is 0 Å². The molecule has 0 saturated heterocycles. The maximum Gasteiger partial charge on any atom is 0.408 e. The van der Waals surface area contributed by atoms with E-state index in [-0.39, 0.29) is 64.7 Å². The minimum Gasteiger partial charge on any atom is -0.454 e. The first-order valence-corrected chi connectivity index (χ1v) is 14.0. The van der Waals surface area contributed by atoms with Gasteiger partial charge in [-0.05, 0) is 24.0 Å². The third-order valence-corrected chi connectivity index (χ3v) is 6.14. The second-order valence-corrected chi connectivity index (χ2v) is 9.48. The van der Waals surface area contributed by atoms with Crippen molar-refractivity contribution in [1.82, 2.24) is 16.0 Å². The molecular weight excluding hydrogens is 554 g/mol. The summed E-state index contributed by atoms with van der Waals surface area (Å²) in [5.41, 5.74) is 1.42. The number of carbonyl (C=O) groups excluding carboxylic acids is 4. The van der Waals surface area contributed by atoms with Gasteiger partial charge in [0, 0.05) is 13.0 Å². The van der Waals surface area contributed by atoms with Gasteiger partial charge < -0.3 is 35.3 Å². The summed E-state index contributed by atoms with van der Waals surface area (Å²) in [5, 5.41) is 16.7. The summed E-state index contributed by atoms with van der Waals surface area (Å²) in [7, 11) is 0. The molecule has 11 nitrogen and oxygen atoms in total. The Morgan fingerprint density at radius 1 is 0.884 bits per heavy atom. The van der Waals surface area contributed by atoms with Crippen molar-refractivity contribution in [3.05, 3.63) is 97.1 Å². The molecule has 0 aliphatic rings. The smallest absolute Gasteiger partial charge is 0.408 e. The molecule has 0 fully saturated rings. The molecule has 3 unspecified atom stereocenters. The van der Waals surface area contributed by atoms with E-state index in [2.05, 4.69) is 29.1 Å². The minimum atomic E-state index is -1.07. The van der Waals surface area contributed by atoms with Crippen molar-refractivity contribution in [3.8, 4) is 0 Å². The Morgan fingerprint density at radius 2 is 1.56 bits per heavy atom. The molecule has 3 atom stereocenters. The molecule has 232 valence electrons.